The molecule has 5 rings (SSSR count). The van der Waals surface area contributed by atoms with Gasteiger partial charge >= 0.3 is 0 Å². The first-order chi connectivity index (χ1) is 19.6. The van der Waals surface area contributed by atoms with Gasteiger partial charge in [-0.25, -0.2) is 9.36 Å². The zero-order valence-electron chi connectivity index (χ0n) is 25.9. The first-order valence-corrected chi connectivity index (χ1v) is 14.9. The van der Waals surface area contributed by atoms with Gasteiger partial charge in [-0.1, -0.05) is 80.6 Å². The van der Waals surface area contributed by atoms with Crippen LogP contribution in [0.15, 0.2) is 54.7 Å². The minimum atomic E-state index is 0.160. The Morgan fingerprint density at radius 3 is 2.12 bits per heavy atom. The van der Waals surface area contributed by atoms with E-state index in [4.69, 9.17) is 0 Å². The molecule has 8 heteroatoms. The van der Waals surface area contributed by atoms with Gasteiger partial charge in [0.15, 0.2) is 0 Å². The number of nitrogens with zero attached hydrogens (tertiary/aromatic N) is 7. The standard InChI is InChI=1S/C24H28N4O.C9H17N3/c1-16(2)13-14-22(29)27-15-18-9-5-6-10-19(18)23-24(28(17(3)4)26-25-23)20-11-7-8-12-21(20)27;1-7(2)5-9-6-12(8(3)4)11-10-9/h5-12,16-17H,13-15H2,1-4H3;6-8H,5H2,1-4H3. The molecule has 0 aliphatic carbocycles. The van der Waals surface area contributed by atoms with E-state index in [0.717, 1.165) is 52.3 Å². The summed E-state index contributed by atoms with van der Waals surface area (Å²) in [4.78, 5) is 15.2. The average molecular weight is 556 g/mol. The molecule has 1 aliphatic rings. The third-order valence-electron chi connectivity index (χ3n) is 7.18. The fourth-order valence-electron chi connectivity index (χ4n) is 4.99. The Hall–Kier alpha value is -3.81. The van der Waals surface area contributed by atoms with Crippen LogP contribution in [0.3, 0.4) is 0 Å². The summed E-state index contributed by atoms with van der Waals surface area (Å²) in [6.45, 7) is 17.6. The van der Waals surface area contributed by atoms with E-state index < -0.39 is 0 Å². The van der Waals surface area contributed by atoms with Gasteiger partial charge in [0.25, 0.3) is 0 Å². The van der Waals surface area contributed by atoms with Crippen LogP contribution in [-0.4, -0.2) is 35.9 Å². The number of benzene rings is 2. The van der Waals surface area contributed by atoms with E-state index in [1.807, 2.05) is 50.8 Å². The van der Waals surface area contributed by atoms with Gasteiger partial charge in [-0.15, -0.1) is 10.2 Å². The zero-order valence-corrected chi connectivity index (χ0v) is 25.9. The fraction of sp³-hybridized carbons (Fsp3) is 0.485. The van der Waals surface area contributed by atoms with Crippen LogP contribution in [0.5, 0.6) is 0 Å². The van der Waals surface area contributed by atoms with Crippen LogP contribution in [0.2, 0.25) is 0 Å². The molecule has 218 valence electrons. The van der Waals surface area contributed by atoms with Crippen molar-refractivity contribution in [2.24, 2.45) is 11.8 Å². The normalized spacial score (nSPS) is 12.5. The van der Waals surface area contributed by atoms with Gasteiger partial charge in [0.2, 0.25) is 5.91 Å². The molecule has 0 saturated heterocycles. The number of amides is 1. The minimum Gasteiger partial charge on any atom is -0.307 e. The lowest BCUT2D eigenvalue weighted by Crippen LogP contribution is -2.32. The predicted molar refractivity (Wildman–Crippen MR) is 165 cm³/mol. The molecule has 41 heavy (non-hydrogen) atoms. The number of rotatable bonds is 7. The van der Waals surface area contributed by atoms with Crippen molar-refractivity contribution in [2.45, 2.75) is 93.3 Å². The number of para-hydroxylation sites is 1. The summed E-state index contributed by atoms with van der Waals surface area (Å²) in [6.07, 6.45) is 4.48. The summed E-state index contributed by atoms with van der Waals surface area (Å²) in [5.41, 5.74) is 7.04. The van der Waals surface area contributed by atoms with Crippen LogP contribution in [-0.2, 0) is 17.8 Å². The molecule has 0 unspecified atom stereocenters. The van der Waals surface area contributed by atoms with Gasteiger partial charge in [0.05, 0.1) is 23.6 Å². The maximum absolute atomic E-state index is 13.3. The highest BCUT2D eigenvalue weighted by molar-refractivity contribution is 6.00. The maximum Gasteiger partial charge on any atom is 0.227 e. The smallest absolute Gasteiger partial charge is 0.227 e. The Labute approximate surface area is 244 Å². The summed E-state index contributed by atoms with van der Waals surface area (Å²) in [6, 6.07) is 16.9. The molecular weight excluding hydrogens is 510 g/mol. The largest absolute Gasteiger partial charge is 0.307 e. The third-order valence-corrected chi connectivity index (χ3v) is 7.18. The van der Waals surface area contributed by atoms with E-state index in [1.54, 1.807) is 0 Å². The Balaban J connectivity index is 0.000000271. The van der Waals surface area contributed by atoms with Gasteiger partial charge in [-0.05, 0) is 64.0 Å². The van der Waals surface area contributed by atoms with Crippen molar-refractivity contribution in [1.82, 2.24) is 30.0 Å². The molecule has 0 spiro atoms. The highest BCUT2D eigenvalue weighted by Gasteiger charge is 2.29. The molecule has 4 aromatic rings. The van der Waals surface area contributed by atoms with Crippen molar-refractivity contribution in [3.8, 4) is 22.5 Å². The molecule has 2 aromatic carbocycles. The van der Waals surface area contributed by atoms with Gasteiger partial charge in [0, 0.05) is 35.8 Å². The Morgan fingerprint density at radius 2 is 1.49 bits per heavy atom. The van der Waals surface area contributed by atoms with Crippen molar-refractivity contribution in [1.29, 1.82) is 0 Å². The second-order valence-corrected chi connectivity index (χ2v) is 12.3. The molecule has 3 heterocycles. The minimum absolute atomic E-state index is 0.160. The Bertz CT molecular complexity index is 1450. The SMILES string of the molecule is CC(C)CCC(=O)N1Cc2ccccc2-c2nnn(C(C)C)c2-c2ccccc21.CC(C)Cc1cn(C(C)C)nn1. The van der Waals surface area contributed by atoms with Crippen molar-refractivity contribution in [3.63, 3.8) is 0 Å². The van der Waals surface area contributed by atoms with Crippen LogP contribution < -0.4 is 4.90 Å². The summed E-state index contributed by atoms with van der Waals surface area (Å²) in [5.74, 6) is 1.31. The Kier molecular flexibility index (Phi) is 9.73. The molecular formula is C33H45N7O. The van der Waals surface area contributed by atoms with E-state index >= 15 is 0 Å². The number of hydrogen-bond acceptors (Lipinski definition) is 5. The summed E-state index contributed by atoms with van der Waals surface area (Å²) in [7, 11) is 0. The van der Waals surface area contributed by atoms with Crippen LogP contribution in [0, 0.1) is 11.8 Å². The number of anilines is 1. The number of carbonyl (C=O) groups excluding carboxylic acids is 1. The number of carbonyl (C=O) groups is 1. The molecule has 0 saturated carbocycles. The molecule has 8 nitrogen and oxygen atoms in total. The van der Waals surface area contributed by atoms with Crippen LogP contribution in [0.25, 0.3) is 22.5 Å². The quantitative estimate of drug-likeness (QED) is 0.235. The second kappa shape index (κ2) is 13.2. The highest BCUT2D eigenvalue weighted by Crippen LogP contribution is 2.42. The summed E-state index contributed by atoms with van der Waals surface area (Å²) >= 11 is 0. The van der Waals surface area contributed by atoms with Gasteiger partial charge in [0.1, 0.15) is 5.69 Å². The first-order valence-electron chi connectivity index (χ1n) is 14.9. The van der Waals surface area contributed by atoms with Crippen LogP contribution >= 0.6 is 0 Å². The molecule has 0 N–H and O–H groups in total. The number of aromatic nitrogens is 6. The van der Waals surface area contributed by atoms with Gasteiger partial charge in [-0.3, -0.25) is 4.79 Å². The molecule has 2 aromatic heterocycles. The van der Waals surface area contributed by atoms with E-state index in [0.29, 0.717) is 30.8 Å². The second-order valence-electron chi connectivity index (χ2n) is 12.3. The highest BCUT2D eigenvalue weighted by atomic mass is 16.2. The van der Waals surface area contributed by atoms with Gasteiger partial charge in [-0.2, -0.15) is 0 Å². The van der Waals surface area contributed by atoms with Crippen molar-refractivity contribution < 1.29 is 4.79 Å². The van der Waals surface area contributed by atoms with Crippen LogP contribution in [0.1, 0.15) is 91.6 Å². The fourth-order valence-corrected chi connectivity index (χ4v) is 4.99. The summed E-state index contributed by atoms with van der Waals surface area (Å²) < 4.78 is 3.87. The first kappa shape index (κ1) is 30.2. The van der Waals surface area contributed by atoms with E-state index in [2.05, 4.69) is 94.2 Å². The number of fused-ring (bicyclic) bond motifs is 5. The maximum atomic E-state index is 13.3. The van der Waals surface area contributed by atoms with E-state index in [9.17, 15) is 4.79 Å². The van der Waals surface area contributed by atoms with E-state index in [1.165, 1.54) is 0 Å². The molecule has 0 radical (unpaired) electrons. The molecule has 1 amide bonds. The lowest BCUT2D eigenvalue weighted by atomic mass is 9.95. The van der Waals surface area contributed by atoms with E-state index in [-0.39, 0.29) is 11.9 Å². The molecule has 1 aliphatic heterocycles. The lowest BCUT2D eigenvalue weighted by Gasteiger charge is -2.29. The molecule has 0 fully saturated rings. The predicted octanol–water partition coefficient (Wildman–Crippen LogP) is 7.53. The van der Waals surface area contributed by atoms with Crippen molar-refractivity contribution in [2.75, 3.05) is 4.90 Å². The third kappa shape index (κ3) is 7.10. The zero-order chi connectivity index (χ0) is 29.7. The topological polar surface area (TPSA) is 81.7 Å². The number of hydrogen-bond donors (Lipinski definition) is 0. The van der Waals surface area contributed by atoms with Gasteiger partial charge < -0.3 is 4.90 Å². The van der Waals surface area contributed by atoms with Crippen molar-refractivity contribution in [3.05, 3.63) is 66.0 Å². The Morgan fingerprint density at radius 1 is 0.805 bits per heavy atom. The molecule has 0 bridgehead atoms. The summed E-state index contributed by atoms with van der Waals surface area (Å²) in [5, 5.41) is 17.2. The average Bonchev–Trinajstić information content (AvgIpc) is 3.57. The monoisotopic (exact) mass is 555 g/mol. The van der Waals surface area contributed by atoms with Crippen molar-refractivity contribution >= 4 is 11.6 Å². The lowest BCUT2D eigenvalue weighted by molar-refractivity contribution is -0.119. The van der Waals surface area contributed by atoms with Crippen LogP contribution in [0.4, 0.5) is 5.69 Å². The molecule has 0 atom stereocenters.